The van der Waals surface area contributed by atoms with Crippen LogP contribution in [0.25, 0.3) is 0 Å². The van der Waals surface area contributed by atoms with Gasteiger partial charge in [-0.3, -0.25) is 4.79 Å². The van der Waals surface area contributed by atoms with E-state index in [1.807, 2.05) is 35.2 Å². The highest BCUT2D eigenvalue weighted by molar-refractivity contribution is 7.10. The highest BCUT2D eigenvalue weighted by Gasteiger charge is 2.43. The van der Waals surface area contributed by atoms with Gasteiger partial charge in [-0.15, -0.1) is 11.3 Å². The third kappa shape index (κ3) is 4.71. The number of rotatable bonds is 6. The van der Waals surface area contributed by atoms with E-state index < -0.39 is 0 Å². The molecule has 2 aliphatic rings. The van der Waals surface area contributed by atoms with E-state index in [9.17, 15) is 9.59 Å². The third-order valence-electron chi connectivity index (χ3n) is 6.69. The predicted molar refractivity (Wildman–Crippen MR) is 124 cm³/mol. The van der Waals surface area contributed by atoms with Crippen molar-refractivity contribution < 1.29 is 14.3 Å². The molecular formula is C24H31N3O3S. The summed E-state index contributed by atoms with van der Waals surface area (Å²) in [5, 5.41) is 8.27. The normalized spacial score (nSPS) is 18.5. The van der Waals surface area contributed by atoms with Gasteiger partial charge < -0.3 is 20.3 Å². The Balaban J connectivity index is 1.26. The van der Waals surface area contributed by atoms with E-state index in [1.54, 1.807) is 18.4 Å². The summed E-state index contributed by atoms with van der Waals surface area (Å²) in [6, 6.07) is 11.5. The highest BCUT2D eigenvalue weighted by atomic mass is 32.1. The molecule has 2 fully saturated rings. The second-order valence-electron chi connectivity index (χ2n) is 8.54. The van der Waals surface area contributed by atoms with Crippen LogP contribution in [0, 0.1) is 5.92 Å². The van der Waals surface area contributed by atoms with Crippen molar-refractivity contribution in [3.63, 3.8) is 0 Å². The van der Waals surface area contributed by atoms with Gasteiger partial charge in [0.05, 0.1) is 18.2 Å². The zero-order valence-electron chi connectivity index (χ0n) is 18.1. The number of nitrogens with one attached hydrogen (secondary N) is 2. The van der Waals surface area contributed by atoms with Crippen LogP contribution in [0.15, 0.2) is 41.8 Å². The number of ether oxygens (including phenoxy) is 1. The van der Waals surface area contributed by atoms with Crippen molar-refractivity contribution in [3.8, 4) is 5.75 Å². The fraction of sp³-hybridized carbons (Fsp3) is 0.500. The van der Waals surface area contributed by atoms with Gasteiger partial charge in [0.2, 0.25) is 5.91 Å². The largest absolute Gasteiger partial charge is 0.495 e. The molecule has 3 amide bonds. The van der Waals surface area contributed by atoms with Crippen LogP contribution in [0.3, 0.4) is 0 Å². The summed E-state index contributed by atoms with van der Waals surface area (Å²) < 4.78 is 5.31. The minimum absolute atomic E-state index is 0.102. The molecule has 4 rings (SSSR count). The lowest BCUT2D eigenvalue weighted by atomic mass is 9.83. The average molecular weight is 442 g/mol. The number of amides is 3. The van der Waals surface area contributed by atoms with Gasteiger partial charge in [0, 0.05) is 24.5 Å². The second kappa shape index (κ2) is 9.73. The maximum atomic E-state index is 13.2. The Bertz CT molecular complexity index is 885. The molecular weight excluding hydrogens is 410 g/mol. The van der Waals surface area contributed by atoms with Crippen molar-refractivity contribution in [2.45, 2.75) is 43.9 Å². The first-order valence-electron chi connectivity index (χ1n) is 11.1. The molecule has 0 bridgehead atoms. The van der Waals surface area contributed by atoms with Crippen molar-refractivity contribution in [1.29, 1.82) is 0 Å². The van der Waals surface area contributed by atoms with Crippen LogP contribution in [0.1, 0.15) is 43.4 Å². The Kier molecular flexibility index (Phi) is 6.80. The molecule has 1 aromatic heterocycles. The average Bonchev–Trinajstić information content (AvgIpc) is 3.51. The lowest BCUT2D eigenvalue weighted by molar-refractivity contribution is -0.126. The number of methoxy groups -OCH3 is 1. The Morgan fingerprint density at radius 3 is 2.55 bits per heavy atom. The molecule has 7 heteroatoms. The predicted octanol–water partition coefficient (Wildman–Crippen LogP) is 4.63. The molecule has 0 unspecified atom stereocenters. The van der Waals surface area contributed by atoms with Gasteiger partial charge in [-0.05, 0) is 55.2 Å². The fourth-order valence-electron chi connectivity index (χ4n) is 4.80. The summed E-state index contributed by atoms with van der Waals surface area (Å²) in [6.45, 7) is 2.07. The van der Waals surface area contributed by atoms with Gasteiger partial charge in [-0.2, -0.15) is 0 Å². The summed E-state index contributed by atoms with van der Waals surface area (Å²) >= 11 is 1.69. The molecule has 2 N–H and O–H groups in total. The molecule has 2 aromatic rings. The SMILES string of the molecule is COc1ccccc1NC(=O)N1CCC(CNC(=O)C2(c3cccs3)CCCC2)CC1. The van der Waals surface area contributed by atoms with Crippen LogP contribution in [-0.4, -0.2) is 43.6 Å². The second-order valence-corrected chi connectivity index (χ2v) is 9.49. The van der Waals surface area contributed by atoms with Gasteiger partial charge in [-0.25, -0.2) is 4.79 Å². The Labute approximate surface area is 188 Å². The quantitative estimate of drug-likeness (QED) is 0.687. The highest BCUT2D eigenvalue weighted by Crippen LogP contribution is 2.43. The minimum Gasteiger partial charge on any atom is -0.495 e. The van der Waals surface area contributed by atoms with Gasteiger partial charge in [0.15, 0.2) is 0 Å². The molecule has 1 aromatic carbocycles. The molecule has 0 spiro atoms. The lowest BCUT2D eigenvalue weighted by Crippen LogP contribution is -2.46. The van der Waals surface area contributed by atoms with Crippen molar-refractivity contribution >= 4 is 29.0 Å². The molecule has 1 aliphatic carbocycles. The van der Waals surface area contributed by atoms with Crippen molar-refractivity contribution in [2.24, 2.45) is 5.92 Å². The fourth-order valence-corrected chi connectivity index (χ4v) is 5.79. The number of hydrogen-bond donors (Lipinski definition) is 2. The molecule has 2 heterocycles. The van der Waals surface area contributed by atoms with Crippen LogP contribution in [-0.2, 0) is 10.2 Å². The van der Waals surface area contributed by atoms with Gasteiger partial charge in [0.1, 0.15) is 5.75 Å². The van der Waals surface area contributed by atoms with Crippen LogP contribution < -0.4 is 15.4 Å². The summed E-state index contributed by atoms with van der Waals surface area (Å²) in [7, 11) is 1.60. The maximum absolute atomic E-state index is 13.2. The molecule has 1 saturated heterocycles. The topological polar surface area (TPSA) is 70.7 Å². The Morgan fingerprint density at radius 2 is 1.87 bits per heavy atom. The number of nitrogens with zero attached hydrogens (tertiary/aromatic N) is 1. The Morgan fingerprint density at radius 1 is 1.13 bits per heavy atom. The van der Waals surface area contributed by atoms with Crippen molar-refractivity contribution in [1.82, 2.24) is 10.2 Å². The van der Waals surface area contributed by atoms with Crippen LogP contribution in [0.4, 0.5) is 10.5 Å². The molecule has 166 valence electrons. The number of anilines is 1. The summed E-state index contributed by atoms with van der Waals surface area (Å²) in [6.07, 6.45) is 5.91. The number of urea groups is 1. The van der Waals surface area contributed by atoms with E-state index in [-0.39, 0.29) is 17.4 Å². The van der Waals surface area contributed by atoms with Crippen molar-refractivity contribution in [3.05, 3.63) is 46.7 Å². The molecule has 31 heavy (non-hydrogen) atoms. The third-order valence-corrected chi connectivity index (χ3v) is 7.76. The van der Waals surface area contributed by atoms with Gasteiger partial charge in [0.25, 0.3) is 0 Å². The van der Waals surface area contributed by atoms with E-state index in [1.165, 1.54) is 4.88 Å². The number of piperidine rings is 1. The summed E-state index contributed by atoms with van der Waals surface area (Å²) in [5.41, 5.74) is 0.351. The summed E-state index contributed by atoms with van der Waals surface area (Å²) in [4.78, 5) is 28.8. The van der Waals surface area contributed by atoms with E-state index in [0.717, 1.165) is 38.5 Å². The zero-order valence-corrected chi connectivity index (χ0v) is 18.9. The van der Waals surface area contributed by atoms with Crippen LogP contribution in [0.2, 0.25) is 0 Å². The van der Waals surface area contributed by atoms with Gasteiger partial charge >= 0.3 is 6.03 Å². The zero-order chi connectivity index (χ0) is 21.7. The van der Waals surface area contributed by atoms with Crippen LogP contribution >= 0.6 is 11.3 Å². The number of para-hydroxylation sites is 2. The standard InChI is InChI=1S/C24H31N3O3S/c1-30-20-8-3-2-7-19(20)26-23(29)27-14-10-18(11-15-27)17-25-22(28)24(12-4-5-13-24)21-9-6-16-31-21/h2-3,6-9,16,18H,4-5,10-15,17H2,1H3,(H,25,28)(H,26,29). The molecule has 1 saturated carbocycles. The monoisotopic (exact) mass is 441 g/mol. The molecule has 1 aliphatic heterocycles. The summed E-state index contributed by atoms with van der Waals surface area (Å²) in [5.74, 6) is 1.24. The van der Waals surface area contributed by atoms with Crippen LogP contribution in [0.5, 0.6) is 5.75 Å². The lowest BCUT2D eigenvalue weighted by Gasteiger charge is -2.33. The molecule has 6 nitrogen and oxygen atoms in total. The maximum Gasteiger partial charge on any atom is 0.321 e. The Hall–Kier alpha value is -2.54. The number of hydrogen-bond acceptors (Lipinski definition) is 4. The smallest absolute Gasteiger partial charge is 0.321 e. The number of benzene rings is 1. The molecule has 0 atom stereocenters. The number of carbonyl (C=O) groups excluding carboxylic acids is 2. The van der Waals surface area contributed by atoms with Gasteiger partial charge in [-0.1, -0.05) is 31.0 Å². The first-order chi connectivity index (χ1) is 15.1. The first-order valence-corrected chi connectivity index (χ1v) is 12.0. The molecule has 0 radical (unpaired) electrons. The minimum atomic E-state index is -0.330. The van der Waals surface area contributed by atoms with E-state index >= 15 is 0 Å². The van der Waals surface area contributed by atoms with E-state index in [0.29, 0.717) is 37.0 Å². The number of thiophene rings is 1. The number of likely N-dealkylation sites (tertiary alicyclic amines) is 1. The van der Waals surface area contributed by atoms with Crippen molar-refractivity contribution in [2.75, 3.05) is 32.1 Å². The van der Waals surface area contributed by atoms with E-state index in [4.69, 9.17) is 4.74 Å². The number of carbonyl (C=O) groups is 2. The van der Waals surface area contributed by atoms with E-state index in [2.05, 4.69) is 22.1 Å². The first kappa shape index (κ1) is 21.7.